The SMILES string of the molecule is Brc1ccc(-c2nc3n(c2Br)-c2ccccc2OC3)cc1. The minimum absolute atomic E-state index is 0.478. The Bertz CT molecular complexity index is 825. The lowest BCUT2D eigenvalue weighted by molar-refractivity contribution is 0.279. The second-order valence-electron chi connectivity index (χ2n) is 4.77. The Morgan fingerprint density at radius 3 is 2.57 bits per heavy atom. The molecule has 0 bridgehead atoms. The van der Waals surface area contributed by atoms with E-state index in [9.17, 15) is 0 Å². The Morgan fingerprint density at radius 2 is 1.76 bits per heavy atom. The number of halogens is 2. The van der Waals surface area contributed by atoms with E-state index in [1.54, 1.807) is 0 Å². The molecule has 0 aliphatic carbocycles. The van der Waals surface area contributed by atoms with Crippen LogP contribution in [0.4, 0.5) is 0 Å². The smallest absolute Gasteiger partial charge is 0.153 e. The van der Waals surface area contributed by atoms with E-state index in [1.807, 2.05) is 36.4 Å². The number of aromatic nitrogens is 2. The van der Waals surface area contributed by atoms with Gasteiger partial charge in [-0.15, -0.1) is 0 Å². The lowest BCUT2D eigenvalue weighted by Crippen LogP contribution is -2.12. The first kappa shape index (κ1) is 13.1. The number of hydrogen-bond donors (Lipinski definition) is 0. The second kappa shape index (κ2) is 5.00. The van der Waals surface area contributed by atoms with E-state index in [0.717, 1.165) is 37.6 Å². The summed E-state index contributed by atoms with van der Waals surface area (Å²) in [5.74, 6) is 1.78. The lowest BCUT2D eigenvalue weighted by atomic mass is 10.2. The Hall–Kier alpha value is -1.59. The highest BCUT2D eigenvalue weighted by Crippen LogP contribution is 2.37. The number of hydrogen-bond acceptors (Lipinski definition) is 2. The van der Waals surface area contributed by atoms with Crippen molar-refractivity contribution in [3.63, 3.8) is 0 Å². The maximum absolute atomic E-state index is 5.76. The molecular formula is C16H10Br2N2O. The first-order valence-corrected chi connectivity index (χ1v) is 8.08. The van der Waals surface area contributed by atoms with E-state index in [2.05, 4.69) is 48.6 Å². The highest BCUT2D eigenvalue weighted by molar-refractivity contribution is 9.10. The van der Waals surface area contributed by atoms with Gasteiger partial charge in [0, 0.05) is 10.0 Å². The molecule has 0 unspecified atom stereocenters. The largest absolute Gasteiger partial charge is 0.483 e. The molecule has 1 aliphatic heterocycles. The normalized spacial score (nSPS) is 12.5. The van der Waals surface area contributed by atoms with Crippen LogP contribution in [0, 0.1) is 0 Å². The minimum atomic E-state index is 0.478. The van der Waals surface area contributed by atoms with E-state index in [0.29, 0.717) is 6.61 Å². The molecule has 2 aromatic carbocycles. The maximum atomic E-state index is 5.76. The van der Waals surface area contributed by atoms with Crippen molar-refractivity contribution >= 4 is 31.9 Å². The predicted molar refractivity (Wildman–Crippen MR) is 88.7 cm³/mol. The average molecular weight is 406 g/mol. The lowest BCUT2D eigenvalue weighted by Gasteiger charge is -2.19. The summed E-state index contributed by atoms with van der Waals surface area (Å²) in [6, 6.07) is 16.1. The Labute approximate surface area is 138 Å². The minimum Gasteiger partial charge on any atom is -0.483 e. The zero-order valence-corrected chi connectivity index (χ0v) is 14.1. The van der Waals surface area contributed by atoms with E-state index in [-0.39, 0.29) is 0 Å². The van der Waals surface area contributed by atoms with E-state index < -0.39 is 0 Å². The van der Waals surface area contributed by atoms with E-state index in [4.69, 9.17) is 9.72 Å². The van der Waals surface area contributed by atoms with Gasteiger partial charge in [0.1, 0.15) is 22.7 Å². The summed E-state index contributed by atoms with van der Waals surface area (Å²) < 4.78 is 9.88. The molecular weight excluding hydrogens is 396 g/mol. The molecule has 0 spiro atoms. The maximum Gasteiger partial charge on any atom is 0.153 e. The fraction of sp³-hybridized carbons (Fsp3) is 0.0625. The van der Waals surface area contributed by atoms with Gasteiger partial charge in [-0.05, 0) is 40.2 Å². The monoisotopic (exact) mass is 404 g/mol. The molecule has 0 amide bonds. The fourth-order valence-electron chi connectivity index (χ4n) is 2.48. The highest BCUT2D eigenvalue weighted by atomic mass is 79.9. The van der Waals surface area contributed by atoms with Crippen molar-refractivity contribution in [3.05, 3.63) is 63.4 Å². The molecule has 4 rings (SSSR count). The topological polar surface area (TPSA) is 27.1 Å². The van der Waals surface area contributed by atoms with Gasteiger partial charge in [0.15, 0.2) is 5.82 Å². The zero-order valence-electron chi connectivity index (χ0n) is 10.9. The third-order valence-electron chi connectivity index (χ3n) is 3.47. The number of ether oxygens (including phenoxy) is 1. The number of imidazole rings is 1. The van der Waals surface area contributed by atoms with Crippen molar-refractivity contribution in [2.75, 3.05) is 0 Å². The van der Waals surface area contributed by atoms with Crippen molar-refractivity contribution in [1.82, 2.24) is 9.55 Å². The summed E-state index contributed by atoms with van der Waals surface area (Å²) in [6.07, 6.45) is 0. The number of rotatable bonds is 1. The van der Waals surface area contributed by atoms with Crippen LogP contribution >= 0.6 is 31.9 Å². The number of nitrogens with zero attached hydrogens (tertiary/aromatic N) is 2. The summed E-state index contributed by atoms with van der Waals surface area (Å²) in [6.45, 7) is 0.478. The molecule has 3 aromatic rings. The number of fused-ring (bicyclic) bond motifs is 3. The van der Waals surface area contributed by atoms with Crippen LogP contribution in [0.1, 0.15) is 5.82 Å². The summed E-state index contributed by atoms with van der Waals surface area (Å²) in [5, 5.41) is 0. The van der Waals surface area contributed by atoms with E-state index in [1.165, 1.54) is 0 Å². The summed E-state index contributed by atoms with van der Waals surface area (Å²) in [7, 11) is 0. The third kappa shape index (κ3) is 2.12. The van der Waals surface area contributed by atoms with Crippen molar-refractivity contribution in [3.8, 4) is 22.7 Å². The quantitative estimate of drug-likeness (QED) is 0.572. The van der Waals surface area contributed by atoms with Gasteiger partial charge in [0.05, 0.1) is 5.69 Å². The van der Waals surface area contributed by atoms with Crippen LogP contribution in [-0.2, 0) is 6.61 Å². The Morgan fingerprint density at radius 1 is 1.00 bits per heavy atom. The summed E-state index contributed by atoms with van der Waals surface area (Å²) in [4.78, 5) is 4.72. The van der Waals surface area contributed by atoms with Crippen LogP contribution in [0.5, 0.6) is 5.75 Å². The molecule has 3 nitrogen and oxygen atoms in total. The fourth-order valence-corrected chi connectivity index (χ4v) is 3.46. The molecule has 0 saturated heterocycles. The molecule has 0 N–H and O–H groups in total. The van der Waals surface area contributed by atoms with Crippen LogP contribution in [0.15, 0.2) is 57.6 Å². The van der Waals surface area contributed by atoms with Crippen LogP contribution in [-0.4, -0.2) is 9.55 Å². The number of benzene rings is 2. The second-order valence-corrected chi connectivity index (χ2v) is 6.43. The molecule has 1 aromatic heterocycles. The first-order valence-electron chi connectivity index (χ1n) is 6.49. The molecule has 0 fully saturated rings. The van der Waals surface area contributed by atoms with Crippen molar-refractivity contribution in [2.24, 2.45) is 0 Å². The molecule has 2 heterocycles. The predicted octanol–water partition coefficient (Wildman–Crippen LogP) is 4.96. The Kier molecular flexibility index (Phi) is 3.12. The van der Waals surface area contributed by atoms with Gasteiger partial charge >= 0.3 is 0 Å². The molecule has 5 heteroatoms. The molecule has 21 heavy (non-hydrogen) atoms. The van der Waals surface area contributed by atoms with Gasteiger partial charge in [-0.2, -0.15) is 0 Å². The zero-order chi connectivity index (χ0) is 14.4. The van der Waals surface area contributed by atoms with Crippen LogP contribution in [0.25, 0.3) is 16.9 Å². The average Bonchev–Trinajstić information content (AvgIpc) is 2.86. The van der Waals surface area contributed by atoms with Gasteiger partial charge in [-0.3, -0.25) is 4.57 Å². The highest BCUT2D eigenvalue weighted by Gasteiger charge is 2.23. The first-order chi connectivity index (χ1) is 10.2. The van der Waals surface area contributed by atoms with Crippen molar-refractivity contribution in [2.45, 2.75) is 6.61 Å². The molecule has 0 radical (unpaired) electrons. The van der Waals surface area contributed by atoms with E-state index >= 15 is 0 Å². The molecule has 0 atom stereocenters. The third-order valence-corrected chi connectivity index (χ3v) is 4.73. The van der Waals surface area contributed by atoms with Crippen LogP contribution in [0.2, 0.25) is 0 Å². The number of para-hydroxylation sites is 2. The van der Waals surface area contributed by atoms with Gasteiger partial charge in [-0.1, -0.05) is 40.2 Å². The Balaban J connectivity index is 1.91. The standard InChI is InChI=1S/C16H10Br2N2O/c17-11-7-5-10(6-8-11)15-16(18)20-12-3-1-2-4-13(12)21-9-14(20)19-15/h1-8H,9H2. The van der Waals surface area contributed by atoms with Crippen LogP contribution in [0.3, 0.4) is 0 Å². The molecule has 0 saturated carbocycles. The molecule has 1 aliphatic rings. The molecule has 104 valence electrons. The van der Waals surface area contributed by atoms with Crippen molar-refractivity contribution in [1.29, 1.82) is 0 Å². The summed E-state index contributed by atoms with van der Waals surface area (Å²) in [5.41, 5.74) is 3.02. The van der Waals surface area contributed by atoms with Gasteiger partial charge in [0.2, 0.25) is 0 Å². The van der Waals surface area contributed by atoms with Gasteiger partial charge in [0.25, 0.3) is 0 Å². The summed E-state index contributed by atoms with van der Waals surface area (Å²) >= 11 is 7.15. The van der Waals surface area contributed by atoms with Crippen LogP contribution < -0.4 is 4.74 Å². The van der Waals surface area contributed by atoms with Crippen molar-refractivity contribution < 1.29 is 4.74 Å². The van der Waals surface area contributed by atoms with Gasteiger partial charge in [-0.25, -0.2) is 4.98 Å². The van der Waals surface area contributed by atoms with Gasteiger partial charge < -0.3 is 4.74 Å².